The lowest BCUT2D eigenvalue weighted by Gasteiger charge is -2.04. The predicted octanol–water partition coefficient (Wildman–Crippen LogP) is 3.97. The molecule has 0 aliphatic carbocycles. The maximum Gasteiger partial charge on any atom is 0.322 e. The fraction of sp³-hybridized carbons (Fsp3) is 0.167. The summed E-state index contributed by atoms with van der Waals surface area (Å²) in [6.07, 6.45) is 0.199. The topological polar surface area (TPSA) is 77.2 Å². The number of amides is 1. The number of nitrogens with one attached hydrogen (secondary N) is 1. The number of halogens is 1. The first-order valence-corrected chi connectivity index (χ1v) is 8.13. The summed E-state index contributed by atoms with van der Waals surface area (Å²) in [5.41, 5.74) is 1.59. The number of benzene rings is 2. The number of hydrogen-bond donors (Lipinski definition) is 1. The van der Waals surface area contributed by atoms with Crippen molar-refractivity contribution in [3.63, 3.8) is 0 Å². The molecule has 1 amide bonds. The van der Waals surface area contributed by atoms with Crippen molar-refractivity contribution in [1.29, 1.82) is 0 Å². The molecule has 0 saturated carbocycles. The van der Waals surface area contributed by atoms with Gasteiger partial charge in [0.05, 0.1) is 13.0 Å². The van der Waals surface area contributed by atoms with Gasteiger partial charge in [-0.15, -0.1) is 5.10 Å². The number of nitrogens with zero attached hydrogens (tertiary/aromatic N) is 2. The Morgan fingerprint density at radius 2 is 1.84 bits per heavy atom. The fourth-order valence-electron chi connectivity index (χ4n) is 2.20. The third kappa shape index (κ3) is 4.58. The molecule has 0 bridgehead atoms. The first-order valence-electron chi connectivity index (χ1n) is 7.75. The summed E-state index contributed by atoms with van der Waals surface area (Å²) in [6, 6.07) is 14.4. The number of anilines is 1. The Morgan fingerprint density at radius 1 is 1.12 bits per heavy atom. The first kappa shape index (κ1) is 17.0. The molecule has 1 heterocycles. The highest BCUT2D eigenvalue weighted by atomic mass is 35.5. The lowest BCUT2D eigenvalue weighted by atomic mass is 10.1. The van der Waals surface area contributed by atoms with Crippen LogP contribution in [0.4, 0.5) is 6.01 Å². The third-order valence-corrected chi connectivity index (χ3v) is 3.61. The van der Waals surface area contributed by atoms with Gasteiger partial charge in [-0.05, 0) is 48.9 Å². The second-order valence-corrected chi connectivity index (χ2v) is 5.66. The summed E-state index contributed by atoms with van der Waals surface area (Å²) in [6.45, 7) is 2.52. The number of hydrogen-bond acceptors (Lipinski definition) is 5. The van der Waals surface area contributed by atoms with Gasteiger partial charge in [-0.2, -0.15) is 0 Å². The maximum absolute atomic E-state index is 12.1. The van der Waals surface area contributed by atoms with Crippen LogP contribution in [-0.2, 0) is 11.2 Å². The van der Waals surface area contributed by atoms with Gasteiger partial charge in [-0.3, -0.25) is 10.1 Å². The molecule has 0 aliphatic rings. The number of aromatic nitrogens is 2. The Kier molecular flexibility index (Phi) is 5.30. The lowest BCUT2D eigenvalue weighted by Crippen LogP contribution is -2.14. The largest absolute Gasteiger partial charge is 0.494 e. The van der Waals surface area contributed by atoms with Crippen LogP contribution in [0.1, 0.15) is 12.5 Å². The molecule has 6 nitrogen and oxygen atoms in total. The van der Waals surface area contributed by atoms with Gasteiger partial charge in [0.1, 0.15) is 5.75 Å². The summed E-state index contributed by atoms with van der Waals surface area (Å²) >= 11 is 5.85. The molecule has 0 saturated heterocycles. The Morgan fingerprint density at radius 3 is 2.52 bits per heavy atom. The normalized spacial score (nSPS) is 10.5. The van der Waals surface area contributed by atoms with E-state index in [1.54, 1.807) is 24.3 Å². The molecule has 1 aromatic heterocycles. The second kappa shape index (κ2) is 7.81. The van der Waals surface area contributed by atoms with Crippen molar-refractivity contribution in [3.05, 3.63) is 59.1 Å². The van der Waals surface area contributed by atoms with E-state index >= 15 is 0 Å². The molecular weight excluding hydrogens is 342 g/mol. The van der Waals surface area contributed by atoms with Crippen molar-refractivity contribution in [2.75, 3.05) is 11.9 Å². The molecule has 3 rings (SSSR count). The molecule has 2 aromatic carbocycles. The zero-order valence-corrected chi connectivity index (χ0v) is 14.3. The summed E-state index contributed by atoms with van der Waals surface area (Å²) < 4.78 is 10.8. The van der Waals surface area contributed by atoms with Crippen molar-refractivity contribution in [2.24, 2.45) is 0 Å². The van der Waals surface area contributed by atoms with Gasteiger partial charge in [-0.25, -0.2) is 0 Å². The highest BCUT2D eigenvalue weighted by molar-refractivity contribution is 6.30. The number of carbonyl (C=O) groups is 1. The summed E-state index contributed by atoms with van der Waals surface area (Å²) in [7, 11) is 0. The highest BCUT2D eigenvalue weighted by Crippen LogP contribution is 2.21. The van der Waals surface area contributed by atoms with Crippen molar-refractivity contribution in [3.8, 4) is 17.2 Å². The molecule has 1 N–H and O–H groups in total. The SMILES string of the molecule is CCOc1ccc(CC(=O)Nc2nnc(-c3ccc(Cl)cc3)o2)cc1. The molecule has 7 heteroatoms. The molecular formula is C18H16ClN3O3. The van der Waals surface area contributed by atoms with Crippen LogP contribution in [0.3, 0.4) is 0 Å². The van der Waals surface area contributed by atoms with Gasteiger partial charge in [-0.1, -0.05) is 28.8 Å². The van der Waals surface area contributed by atoms with E-state index in [-0.39, 0.29) is 18.3 Å². The minimum Gasteiger partial charge on any atom is -0.494 e. The van der Waals surface area contributed by atoms with Crippen molar-refractivity contribution >= 4 is 23.5 Å². The minimum absolute atomic E-state index is 0.0564. The van der Waals surface area contributed by atoms with Crippen LogP contribution >= 0.6 is 11.6 Å². The van der Waals surface area contributed by atoms with Crippen LogP contribution in [-0.4, -0.2) is 22.7 Å². The predicted molar refractivity (Wildman–Crippen MR) is 94.7 cm³/mol. The quantitative estimate of drug-likeness (QED) is 0.722. The van der Waals surface area contributed by atoms with Crippen LogP contribution in [0.5, 0.6) is 5.75 Å². The van der Waals surface area contributed by atoms with Crippen molar-refractivity contribution < 1.29 is 13.9 Å². The van der Waals surface area contributed by atoms with Crippen LogP contribution in [0.25, 0.3) is 11.5 Å². The molecule has 25 heavy (non-hydrogen) atoms. The molecule has 0 radical (unpaired) electrons. The molecule has 128 valence electrons. The highest BCUT2D eigenvalue weighted by Gasteiger charge is 2.12. The average molecular weight is 358 g/mol. The van der Waals surface area contributed by atoms with E-state index in [1.165, 1.54) is 0 Å². The van der Waals surface area contributed by atoms with Gasteiger partial charge >= 0.3 is 6.01 Å². The van der Waals surface area contributed by atoms with Crippen molar-refractivity contribution in [2.45, 2.75) is 13.3 Å². The van der Waals surface area contributed by atoms with Gasteiger partial charge < -0.3 is 9.15 Å². The zero-order chi connectivity index (χ0) is 17.6. The number of carbonyl (C=O) groups excluding carboxylic acids is 1. The number of ether oxygens (including phenoxy) is 1. The zero-order valence-electron chi connectivity index (χ0n) is 13.5. The molecule has 0 fully saturated rings. The van der Waals surface area contributed by atoms with E-state index in [0.29, 0.717) is 17.5 Å². The Balaban J connectivity index is 1.60. The summed E-state index contributed by atoms with van der Waals surface area (Å²) in [5.74, 6) is 0.847. The summed E-state index contributed by atoms with van der Waals surface area (Å²) in [4.78, 5) is 12.1. The van der Waals surface area contributed by atoms with Gasteiger partial charge in [0, 0.05) is 10.6 Å². The second-order valence-electron chi connectivity index (χ2n) is 5.22. The van der Waals surface area contributed by atoms with Gasteiger partial charge in [0.25, 0.3) is 0 Å². The van der Waals surface area contributed by atoms with Crippen molar-refractivity contribution in [1.82, 2.24) is 10.2 Å². The van der Waals surface area contributed by atoms with Crippen LogP contribution < -0.4 is 10.1 Å². The van der Waals surface area contributed by atoms with E-state index in [9.17, 15) is 4.79 Å². The molecule has 0 spiro atoms. The van der Waals surface area contributed by atoms with E-state index < -0.39 is 0 Å². The molecule has 0 atom stereocenters. The van der Waals surface area contributed by atoms with E-state index in [0.717, 1.165) is 16.9 Å². The van der Waals surface area contributed by atoms with Crippen LogP contribution in [0.2, 0.25) is 5.02 Å². The Bertz CT molecular complexity index is 845. The van der Waals surface area contributed by atoms with Crippen LogP contribution in [0, 0.1) is 0 Å². The Hall–Kier alpha value is -2.86. The third-order valence-electron chi connectivity index (χ3n) is 3.36. The first-order chi connectivity index (χ1) is 12.1. The van der Waals surface area contributed by atoms with Gasteiger partial charge in [0.2, 0.25) is 11.8 Å². The minimum atomic E-state index is -0.240. The number of rotatable bonds is 6. The smallest absolute Gasteiger partial charge is 0.322 e. The monoisotopic (exact) mass is 357 g/mol. The standard InChI is InChI=1S/C18H16ClN3O3/c1-2-24-15-9-3-12(4-10-15)11-16(23)20-18-22-21-17(25-18)13-5-7-14(19)8-6-13/h3-10H,2,11H2,1H3,(H,20,22,23). The summed E-state index contributed by atoms with van der Waals surface area (Å²) in [5, 5.41) is 11.0. The Labute approximate surface area is 149 Å². The molecule has 3 aromatic rings. The molecule has 0 unspecified atom stereocenters. The average Bonchev–Trinajstić information content (AvgIpc) is 3.06. The van der Waals surface area contributed by atoms with Gasteiger partial charge in [0.15, 0.2) is 0 Å². The van der Waals surface area contributed by atoms with Crippen LogP contribution in [0.15, 0.2) is 52.9 Å². The lowest BCUT2D eigenvalue weighted by molar-refractivity contribution is -0.115. The van der Waals surface area contributed by atoms with E-state index in [4.69, 9.17) is 20.8 Å². The molecule has 0 aliphatic heterocycles. The fourth-order valence-corrected chi connectivity index (χ4v) is 2.33. The van der Waals surface area contributed by atoms with E-state index in [1.807, 2.05) is 31.2 Å². The van der Waals surface area contributed by atoms with E-state index in [2.05, 4.69) is 15.5 Å². The maximum atomic E-state index is 12.1.